The van der Waals surface area contributed by atoms with Crippen LogP contribution in [0, 0.1) is 12.7 Å². The van der Waals surface area contributed by atoms with Gasteiger partial charge in [-0.25, -0.2) is 4.39 Å². The lowest BCUT2D eigenvalue weighted by atomic mass is 9.99. The fraction of sp³-hybridized carbons (Fsp3) is 0.304. The first-order valence-corrected chi connectivity index (χ1v) is 9.80. The smallest absolute Gasteiger partial charge is 0.240 e. The number of nitrogens with zero attached hydrogens (tertiary/aromatic N) is 2. The van der Waals surface area contributed by atoms with E-state index in [4.69, 9.17) is 0 Å². The highest BCUT2D eigenvalue weighted by Gasteiger charge is 2.25. The molecule has 0 fully saturated rings. The fourth-order valence-electron chi connectivity index (χ4n) is 4.14. The minimum Gasteiger partial charge on any atom is -0.348 e. The Balaban J connectivity index is 1.57. The molecule has 150 valence electrons. The molecule has 2 aromatic carbocycles. The Morgan fingerprint density at radius 2 is 1.97 bits per heavy atom. The molecule has 1 atom stereocenters. The predicted octanol–water partition coefficient (Wildman–Crippen LogP) is 3.70. The third-order valence-corrected chi connectivity index (χ3v) is 5.63. The van der Waals surface area contributed by atoms with Gasteiger partial charge in [0.25, 0.3) is 0 Å². The van der Waals surface area contributed by atoms with Gasteiger partial charge in [-0.2, -0.15) is 0 Å². The predicted molar refractivity (Wildman–Crippen MR) is 110 cm³/mol. The number of aromatic nitrogens is 1. The van der Waals surface area contributed by atoms with Gasteiger partial charge in [0.05, 0.1) is 6.04 Å². The van der Waals surface area contributed by atoms with Gasteiger partial charge in [-0.05, 0) is 54.1 Å². The highest BCUT2D eigenvalue weighted by molar-refractivity contribution is 5.84. The lowest BCUT2D eigenvalue weighted by Gasteiger charge is -2.20. The molecule has 1 N–H and O–H groups in total. The number of carbonyl (C=O) groups excluding carboxylic acids is 2. The number of para-hydroxylation sites is 1. The van der Waals surface area contributed by atoms with Gasteiger partial charge < -0.3 is 14.8 Å². The van der Waals surface area contributed by atoms with Crippen molar-refractivity contribution in [3.05, 3.63) is 71.2 Å². The van der Waals surface area contributed by atoms with Crippen molar-refractivity contribution in [2.24, 2.45) is 0 Å². The molecular formula is C23H24FN3O2. The fourth-order valence-corrected chi connectivity index (χ4v) is 4.14. The van der Waals surface area contributed by atoms with Crippen molar-refractivity contribution in [2.75, 3.05) is 6.54 Å². The number of aryl methyl sites for hydroxylation is 1. The van der Waals surface area contributed by atoms with Crippen LogP contribution in [0.15, 0.2) is 48.5 Å². The molecule has 1 unspecified atom stereocenters. The molecule has 6 heteroatoms. The van der Waals surface area contributed by atoms with Crippen LogP contribution in [0.25, 0.3) is 10.9 Å². The van der Waals surface area contributed by atoms with Crippen molar-refractivity contribution in [1.82, 2.24) is 14.8 Å². The average molecular weight is 393 g/mol. The third-order valence-electron chi connectivity index (χ3n) is 5.63. The second-order valence-electron chi connectivity index (χ2n) is 7.62. The summed E-state index contributed by atoms with van der Waals surface area (Å²) in [7, 11) is 0. The normalized spacial score (nSPS) is 16.4. The second kappa shape index (κ2) is 7.70. The molecule has 3 aromatic rings. The first kappa shape index (κ1) is 19.2. The maximum atomic E-state index is 13.8. The molecule has 29 heavy (non-hydrogen) atoms. The van der Waals surface area contributed by atoms with E-state index in [0.717, 1.165) is 27.7 Å². The van der Waals surface area contributed by atoms with E-state index in [1.54, 1.807) is 11.0 Å². The Labute approximate surface area is 169 Å². The third kappa shape index (κ3) is 3.88. The topological polar surface area (TPSA) is 54.3 Å². The number of amides is 2. The molecule has 1 aliphatic heterocycles. The summed E-state index contributed by atoms with van der Waals surface area (Å²) >= 11 is 0. The average Bonchev–Trinajstić information content (AvgIpc) is 2.87. The number of fused-ring (bicyclic) bond motifs is 2. The van der Waals surface area contributed by atoms with Crippen molar-refractivity contribution in [2.45, 2.75) is 39.4 Å². The molecule has 1 aromatic heterocycles. The Morgan fingerprint density at radius 3 is 2.76 bits per heavy atom. The lowest BCUT2D eigenvalue weighted by Crippen LogP contribution is -2.33. The zero-order chi connectivity index (χ0) is 20.5. The van der Waals surface area contributed by atoms with Crippen LogP contribution in [0.5, 0.6) is 0 Å². The number of nitrogens with one attached hydrogen (secondary N) is 1. The minimum absolute atomic E-state index is 0.0541. The van der Waals surface area contributed by atoms with E-state index in [1.165, 1.54) is 19.1 Å². The van der Waals surface area contributed by atoms with E-state index in [0.29, 0.717) is 19.5 Å². The minimum atomic E-state index is -0.339. The first-order chi connectivity index (χ1) is 13.9. The summed E-state index contributed by atoms with van der Waals surface area (Å²) in [6, 6.07) is 14.4. The second-order valence-corrected chi connectivity index (χ2v) is 7.62. The lowest BCUT2D eigenvalue weighted by molar-refractivity contribution is -0.129. The van der Waals surface area contributed by atoms with E-state index in [9.17, 15) is 14.0 Å². The van der Waals surface area contributed by atoms with Gasteiger partial charge in [0, 0.05) is 31.2 Å². The van der Waals surface area contributed by atoms with Gasteiger partial charge in [-0.3, -0.25) is 9.59 Å². The summed E-state index contributed by atoms with van der Waals surface area (Å²) in [4.78, 5) is 26.5. The summed E-state index contributed by atoms with van der Waals surface area (Å²) in [5.74, 6) is -0.499. The van der Waals surface area contributed by atoms with Crippen molar-refractivity contribution < 1.29 is 14.0 Å². The molecule has 2 amide bonds. The summed E-state index contributed by atoms with van der Waals surface area (Å²) < 4.78 is 15.8. The SMILES string of the molecule is CC(=O)N1CCC(NC(=O)Cn2c(C)cc3ccccc32)c2ccc(F)cc2C1. The monoisotopic (exact) mass is 393 g/mol. The standard InChI is InChI=1S/C23H24FN3O2/c1-15-11-17-5-3-4-6-22(17)27(15)14-23(29)25-21-9-10-26(16(2)28)13-18-12-19(24)7-8-20(18)21/h3-8,11-12,21H,9-10,13-14H2,1-2H3,(H,25,29). The summed E-state index contributed by atoms with van der Waals surface area (Å²) in [6.45, 7) is 4.58. The van der Waals surface area contributed by atoms with Crippen molar-refractivity contribution in [3.8, 4) is 0 Å². The van der Waals surface area contributed by atoms with Crippen LogP contribution in [0.3, 0.4) is 0 Å². The molecule has 0 bridgehead atoms. The maximum Gasteiger partial charge on any atom is 0.240 e. The molecule has 0 aliphatic carbocycles. The van der Waals surface area contributed by atoms with Crippen molar-refractivity contribution in [1.29, 1.82) is 0 Å². The molecule has 0 spiro atoms. The number of hydrogen-bond donors (Lipinski definition) is 1. The maximum absolute atomic E-state index is 13.8. The number of benzene rings is 2. The number of carbonyl (C=O) groups is 2. The van der Waals surface area contributed by atoms with Gasteiger partial charge in [-0.1, -0.05) is 24.3 Å². The van der Waals surface area contributed by atoms with Gasteiger partial charge in [-0.15, -0.1) is 0 Å². The molecular weight excluding hydrogens is 369 g/mol. The van der Waals surface area contributed by atoms with E-state index < -0.39 is 0 Å². The Morgan fingerprint density at radius 1 is 1.17 bits per heavy atom. The first-order valence-electron chi connectivity index (χ1n) is 9.80. The Kier molecular flexibility index (Phi) is 5.09. The largest absolute Gasteiger partial charge is 0.348 e. The molecule has 4 rings (SSSR count). The highest BCUT2D eigenvalue weighted by atomic mass is 19.1. The summed E-state index contributed by atoms with van der Waals surface area (Å²) in [5.41, 5.74) is 3.65. The van der Waals surface area contributed by atoms with Crippen LogP contribution < -0.4 is 5.32 Å². The van der Waals surface area contributed by atoms with Gasteiger partial charge in [0.2, 0.25) is 11.8 Å². The molecule has 0 radical (unpaired) electrons. The zero-order valence-corrected chi connectivity index (χ0v) is 16.6. The molecule has 2 heterocycles. The quantitative estimate of drug-likeness (QED) is 0.738. The van der Waals surface area contributed by atoms with Gasteiger partial charge in [0.1, 0.15) is 12.4 Å². The van der Waals surface area contributed by atoms with E-state index in [-0.39, 0.29) is 30.2 Å². The number of halogens is 1. The van der Waals surface area contributed by atoms with Crippen molar-refractivity contribution >= 4 is 22.7 Å². The number of rotatable bonds is 3. The van der Waals surface area contributed by atoms with E-state index in [2.05, 4.69) is 11.4 Å². The Bertz CT molecular complexity index is 1090. The van der Waals surface area contributed by atoms with Crippen LogP contribution in [0.4, 0.5) is 4.39 Å². The zero-order valence-electron chi connectivity index (χ0n) is 16.6. The number of hydrogen-bond acceptors (Lipinski definition) is 2. The molecule has 5 nitrogen and oxygen atoms in total. The summed E-state index contributed by atoms with van der Waals surface area (Å²) in [6.07, 6.45) is 0.593. The van der Waals surface area contributed by atoms with E-state index >= 15 is 0 Å². The Hall–Kier alpha value is -3.15. The molecule has 1 aliphatic rings. The van der Waals surface area contributed by atoms with Gasteiger partial charge >= 0.3 is 0 Å². The van der Waals surface area contributed by atoms with Crippen LogP contribution in [-0.4, -0.2) is 27.8 Å². The van der Waals surface area contributed by atoms with E-state index in [1.807, 2.05) is 35.8 Å². The van der Waals surface area contributed by atoms with Gasteiger partial charge in [0.15, 0.2) is 0 Å². The highest BCUT2D eigenvalue weighted by Crippen LogP contribution is 2.28. The summed E-state index contributed by atoms with van der Waals surface area (Å²) in [5, 5.41) is 4.21. The van der Waals surface area contributed by atoms with Crippen LogP contribution in [0.2, 0.25) is 0 Å². The van der Waals surface area contributed by atoms with Crippen LogP contribution in [-0.2, 0) is 22.7 Å². The van der Waals surface area contributed by atoms with Crippen LogP contribution in [0.1, 0.15) is 36.2 Å². The molecule has 0 saturated heterocycles. The van der Waals surface area contributed by atoms with Crippen molar-refractivity contribution in [3.63, 3.8) is 0 Å². The van der Waals surface area contributed by atoms with Crippen LogP contribution >= 0.6 is 0 Å². The molecule has 0 saturated carbocycles.